The molecule has 1 saturated heterocycles. The van der Waals surface area contributed by atoms with Crippen molar-refractivity contribution in [3.63, 3.8) is 0 Å². The maximum atomic E-state index is 11.7. The van der Waals surface area contributed by atoms with E-state index in [0.717, 1.165) is 5.75 Å². The number of nitrogens with zero attached hydrogens (tertiary/aromatic N) is 2. The van der Waals surface area contributed by atoms with Crippen molar-refractivity contribution in [3.8, 4) is 0 Å². The maximum absolute atomic E-state index is 11.7. The Labute approximate surface area is 119 Å². The smallest absolute Gasteiger partial charge is 0.335 e. The van der Waals surface area contributed by atoms with Crippen LogP contribution < -0.4 is 5.32 Å². The van der Waals surface area contributed by atoms with Gasteiger partial charge >= 0.3 is 5.97 Å². The highest BCUT2D eigenvalue weighted by atomic mass is 32.2. The van der Waals surface area contributed by atoms with E-state index in [-0.39, 0.29) is 28.9 Å². The van der Waals surface area contributed by atoms with E-state index in [1.165, 1.54) is 30.1 Å². The van der Waals surface area contributed by atoms with Crippen LogP contribution in [0.4, 0.5) is 10.6 Å². The Morgan fingerprint density at radius 2 is 2.30 bits per heavy atom. The fraction of sp³-hybridized carbons (Fsp3) is 0.333. The van der Waals surface area contributed by atoms with E-state index in [4.69, 9.17) is 5.11 Å². The summed E-state index contributed by atoms with van der Waals surface area (Å²) in [6, 6.07) is 2.63. The second kappa shape index (κ2) is 6.38. The van der Waals surface area contributed by atoms with Gasteiger partial charge in [-0.15, -0.1) is 0 Å². The summed E-state index contributed by atoms with van der Waals surface area (Å²) < 4.78 is 0. The largest absolute Gasteiger partial charge is 0.478 e. The van der Waals surface area contributed by atoms with E-state index in [2.05, 4.69) is 10.3 Å². The molecule has 2 N–H and O–H groups in total. The molecular formula is C12H13N3O4S. The van der Waals surface area contributed by atoms with Crippen LogP contribution >= 0.6 is 11.8 Å². The van der Waals surface area contributed by atoms with Gasteiger partial charge in [0.1, 0.15) is 5.82 Å². The predicted octanol–water partition coefficient (Wildman–Crippen LogP) is 1.28. The molecule has 0 atom stereocenters. The summed E-state index contributed by atoms with van der Waals surface area (Å²) in [5, 5.41) is 11.3. The maximum Gasteiger partial charge on any atom is 0.335 e. The number of nitrogens with one attached hydrogen (secondary N) is 1. The third kappa shape index (κ3) is 3.70. The van der Waals surface area contributed by atoms with Gasteiger partial charge in [0.15, 0.2) is 0 Å². The van der Waals surface area contributed by atoms with Crippen molar-refractivity contribution in [2.24, 2.45) is 0 Å². The number of hydrogen-bond acceptors (Lipinski definition) is 5. The molecule has 0 radical (unpaired) electrons. The van der Waals surface area contributed by atoms with Crippen LogP contribution in [-0.2, 0) is 4.79 Å². The molecule has 2 heterocycles. The number of thioether (sulfide) groups is 1. The fourth-order valence-electron chi connectivity index (χ4n) is 1.70. The number of aromatic nitrogens is 1. The molecule has 1 aromatic rings. The van der Waals surface area contributed by atoms with Crippen LogP contribution in [0.5, 0.6) is 0 Å². The summed E-state index contributed by atoms with van der Waals surface area (Å²) in [5.41, 5.74) is 0.0569. The van der Waals surface area contributed by atoms with E-state index >= 15 is 0 Å². The predicted molar refractivity (Wildman–Crippen MR) is 73.9 cm³/mol. The Kier molecular flexibility index (Phi) is 4.57. The zero-order valence-electron chi connectivity index (χ0n) is 10.5. The van der Waals surface area contributed by atoms with Crippen molar-refractivity contribution in [2.45, 2.75) is 6.42 Å². The summed E-state index contributed by atoms with van der Waals surface area (Å²) >= 11 is 1.24. The Hall–Kier alpha value is -2.09. The van der Waals surface area contributed by atoms with E-state index in [9.17, 15) is 14.4 Å². The molecule has 0 spiro atoms. The number of carbonyl (C=O) groups excluding carboxylic acids is 2. The van der Waals surface area contributed by atoms with Gasteiger partial charge in [-0.1, -0.05) is 11.8 Å². The van der Waals surface area contributed by atoms with Crippen LogP contribution in [-0.4, -0.2) is 50.9 Å². The number of hydrogen-bond donors (Lipinski definition) is 2. The highest BCUT2D eigenvalue weighted by Gasteiger charge is 2.21. The first kappa shape index (κ1) is 14.3. The van der Waals surface area contributed by atoms with E-state index < -0.39 is 5.97 Å². The first-order chi connectivity index (χ1) is 9.56. The van der Waals surface area contributed by atoms with Crippen molar-refractivity contribution < 1.29 is 19.5 Å². The van der Waals surface area contributed by atoms with E-state index in [0.29, 0.717) is 13.1 Å². The van der Waals surface area contributed by atoms with Crippen LogP contribution in [0.1, 0.15) is 16.8 Å². The van der Waals surface area contributed by atoms with Gasteiger partial charge in [0.25, 0.3) is 5.24 Å². The topological polar surface area (TPSA) is 99.6 Å². The van der Waals surface area contributed by atoms with Gasteiger partial charge < -0.3 is 15.3 Å². The highest BCUT2D eigenvalue weighted by Crippen LogP contribution is 2.17. The quantitative estimate of drug-likeness (QED) is 0.848. The van der Waals surface area contributed by atoms with Crippen molar-refractivity contribution in [1.29, 1.82) is 0 Å². The SMILES string of the molecule is O=C(CCN1CCSC1=O)Nc1cc(C(=O)O)ccn1. The lowest BCUT2D eigenvalue weighted by Crippen LogP contribution is -2.27. The van der Waals surface area contributed by atoms with Crippen molar-refractivity contribution >= 4 is 34.7 Å². The molecule has 2 amide bonds. The van der Waals surface area contributed by atoms with Crippen molar-refractivity contribution in [2.75, 3.05) is 24.2 Å². The second-order valence-corrected chi connectivity index (χ2v) is 5.18. The molecule has 1 aromatic heterocycles. The van der Waals surface area contributed by atoms with Gasteiger partial charge in [-0.2, -0.15) is 0 Å². The lowest BCUT2D eigenvalue weighted by Gasteiger charge is -2.13. The monoisotopic (exact) mass is 295 g/mol. The average molecular weight is 295 g/mol. The summed E-state index contributed by atoms with van der Waals surface area (Å²) in [5.74, 6) is -0.438. The number of carboxylic acids is 1. The molecule has 2 rings (SSSR count). The molecule has 20 heavy (non-hydrogen) atoms. The standard InChI is InChI=1S/C12H13N3O4S/c16-10(2-4-15-5-6-20-12(15)19)14-9-7-8(11(17)18)1-3-13-9/h1,3,7H,2,4-6H2,(H,17,18)(H,13,14,16). The van der Waals surface area contributed by atoms with Crippen LogP contribution in [0.15, 0.2) is 18.3 Å². The van der Waals surface area contributed by atoms with Crippen LogP contribution in [0, 0.1) is 0 Å². The summed E-state index contributed by atoms with van der Waals surface area (Å²) in [6.07, 6.45) is 1.48. The molecule has 8 heteroatoms. The van der Waals surface area contributed by atoms with Gasteiger partial charge in [-0.25, -0.2) is 9.78 Å². The number of rotatable bonds is 5. The Morgan fingerprint density at radius 3 is 2.95 bits per heavy atom. The minimum Gasteiger partial charge on any atom is -0.478 e. The van der Waals surface area contributed by atoms with Crippen molar-refractivity contribution in [3.05, 3.63) is 23.9 Å². The second-order valence-electron chi connectivity index (χ2n) is 4.13. The first-order valence-electron chi connectivity index (χ1n) is 5.97. The average Bonchev–Trinajstić information content (AvgIpc) is 2.82. The third-order valence-corrected chi connectivity index (χ3v) is 3.62. The molecule has 7 nitrogen and oxygen atoms in total. The summed E-state index contributed by atoms with van der Waals surface area (Å²) in [4.78, 5) is 39.3. The van der Waals surface area contributed by atoms with Crippen LogP contribution in [0.3, 0.4) is 0 Å². The molecule has 106 valence electrons. The molecule has 0 unspecified atom stereocenters. The Bertz CT molecular complexity index is 549. The summed E-state index contributed by atoms with van der Waals surface area (Å²) in [6.45, 7) is 1.01. The lowest BCUT2D eigenvalue weighted by molar-refractivity contribution is -0.116. The molecule has 1 aliphatic rings. The van der Waals surface area contributed by atoms with Crippen molar-refractivity contribution in [1.82, 2.24) is 9.88 Å². The number of carbonyl (C=O) groups is 3. The minimum atomic E-state index is -1.08. The summed E-state index contributed by atoms with van der Waals surface area (Å²) in [7, 11) is 0. The van der Waals surface area contributed by atoms with Gasteiger partial charge in [0, 0.05) is 31.5 Å². The van der Waals surface area contributed by atoms with E-state index in [1.54, 1.807) is 4.90 Å². The lowest BCUT2D eigenvalue weighted by atomic mass is 10.2. The number of pyridine rings is 1. The molecule has 1 aliphatic heterocycles. The molecule has 0 aliphatic carbocycles. The van der Waals surface area contributed by atoms with Crippen LogP contribution in [0.25, 0.3) is 0 Å². The highest BCUT2D eigenvalue weighted by molar-refractivity contribution is 8.13. The molecule has 1 fully saturated rings. The first-order valence-corrected chi connectivity index (χ1v) is 6.96. The zero-order chi connectivity index (χ0) is 14.5. The third-order valence-electron chi connectivity index (χ3n) is 2.73. The van der Waals surface area contributed by atoms with Gasteiger partial charge in [0.2, 0.25) is 5.91 Å². The van der Waals surface area contributed by atoms with Gasteiger partial charge in [-0.3, -0.25) is 9.59 Å². The molecular weight excluding hydrogens is 282 g/mol. The minimum absolute atomic E-state index is 0.0104. The van der Waals surface area contributed by atoms with Crippen LogP contribution in [0.2, 0.25) is 0 Å². The van der Waals surface area contributed by atoms with Gasteiger partial charge in [-0.05, 0) is 12.1 Å². The number of anilines is 1. The Balaban J connectivity index is 1.86. The Morgan fingerprint density at radius 1 is 1.50 bits per heavy atom. The molecule has 0 saturated carbocycles. The number of amides is 2. The fourth-order valence-corrected chi connectivity index (χ4v) is 2.55. The molecule has 0 bridgehead atoms. The van der Waals surface area contributed by atoms with Gasteiger partial charge in [0.05, 0.1) is 5.56 Å². The zero-order valence-corrected chi connectivity index (χ0v) is 11.4. The number of aromatic carboxylic acids is 1. The molecule has 0 aromatic carbocycles. The normalized spacial score (nSPS) is 14.4. The number of carboxylic acid groups (broad SMARTS) is 1. The van der Waals surface area contributed by atoms with E-state index in [1.807, 2.05) is 0 Å².